The van der Waals surface area contributed by atoms with Crippen LogP contribution in [0.5, 0.6) is 0 Å². The van der Waals surface area contributed by atoms with Crippen molar-refractivity contribution in [2.45, 2.75) is 6.17 Å². The number of benzene rings is 1. The molecule has 1 aromatic heterocycles. The Morgan fingerprint density at radius 3 is 2.69 bits per heavy atom. The van der Waals surface area contributed by atoms with Crippen molar-refractivity contribution in [2.24, 2.45) is 4.99 Å². The number of anilines is 1. The summed E-state index contributed by atoms with van der Waals surface area (Å²) in [4.78, 5) is 32.6. The molecule has 0 aliphatic carbocycles. The topological polar surface area (TPSA) is 69.9 Å². The van der Waals surface area contributed by atoms with Gasteiger partial charge in [-0.25, -0.2) is 0 Å². The second-order valence-corrected chi connectivity index (χ2v) is 7.65. The zero-order chi connectivity index (χ0) is 20.5. The fourth-order valence-corrected chi connectivity index (χ4v) is 4.04. The minimum absolute atomic E-state index is 0.0569. The van der Waals surface area contributed by atoms with E-state index >= 15 is 0 Å². The summed E-state index contributed by atoms with van der Waals surface area (Å²) in [6.07, 6.45) is 4.32. The molecule has 29 heavy (non-hydrogen) atoms. The van der Waals surface area contributed by atoms with Crippen molar-refractivity contribution in [1.29, 1.82) is 0 Å². The Balaban J connectivity index is 1.64. The van der Waals surface area contributed by atoms with Gasteiger partial charge < -0.3 is 10.2 Å². The SMILES string of the molecule is C=CC(=O)N1CCN(C2N=CNc3cc(-n4cc(Cl)ccc4=O)c(Cl)cc32)CC1. The van der Waals surface area contributed by atoms with Crippen LogP contribution in [-0.2, 0) is 4.79 Å². The third kappa shape index (κ3) is 3.81. The number of nitrogens with one attached hydrogen (secondary N) is 1. The molecule has 0 spiro atoms. The fraction of sp³-hybridized carbons (Fsp3) is 0.250. The number of aromatic nitrogens is 1. The second kappa shape index (κ2) is 8.02. The van der Waals surface area contributed by atoms with E-state index < -0.39 is 0 Å². The number of nitrogens with zero attached hydrogens (tertiary/aromatic N) is 4. The highest BCUT2D eigenvalue weighted by Gasteiger charge is 2.29. The van der Waals surface area contributed by atoms with Gasteiger partial charge in [0.15, 0.2) is 0 Å². The number of aliphatic imine (C=N–C) groups is 1. The van der Waals surface area contributed by atoms with E-state index in [1.807, 2.05) is 12.1 Å². The second-order valence-electron chi connectivity index (χ2n) is 6.81. The van der Waals surface area contributed by atoms with Crippen molar-refractivity contribution in [1.82, 2.24) is 14.4 Å². The van der Waals surface area contributed by atoms with Crippen LogP contribution >= 0.6 is 23.2 Å². The summed E-state index contributed by atoms with van der Waals surface area (Å²) in [5, 5.41) is 4.01. The average molecular weight is 432 g/mol. The Kier molecular flexibility index (Phi) is 5.45. The molecule has 2 aliphatic heterocycles. The van der Waals surface area contributed by atoms with Crippen LogP contribution in [-0.4, -0.2) is 52.8 Å². The van der Waals surface area contributed by atoms with E-state index in [2.05, 4.69) is 21.8 Å². The third-order valence-corrected chi connectivity index (χ3v) is 5.64. The van der Waals surface area contributed by atoms with Gasteiger partial charge in [-0.15, -0.1) is 0 Å². The van der Waals surface area contributed by atoms with Crippen molar-refractivity contribution < 1.29 is 4.79 Å². The smallest absolute Gasteiger partial charge is 0.255 e. The van der Waals surface area contributed by atoms with E-state index in [0.717, 1.165) is 11.3 Å². The molecule has 1 fully saturated rings. The average Bonchev–Trinajstić information content (AvgIpc) is 2.74. The van der Waals surface area contributed by atoms with Gasteiger partial charge in [-0.05, 0) is 24.3 Å². The fourth-order valence-electron chi connectivity index (χ4n) is 3.61. The molecule has 1 N–H and O–H groups in total. The summed E-state index contributed by atoms with van der Waals surface area (Å²) in [5.74, 6) is -0.0569. The highest BCUT2D eigenvalue weighted by molar-refractivity contribution is 6.33. The summed E-state index contributed by atoms with van der Waals surface area (Å²) in [6, 6.07) is 6.60. The molecule has 1 unspecified atom stereocenters. The predicted octanol–water partition coefficient (Wildman–Crippen LogP) is 2.93. The first-order valence-electron chi connectivity index (χ1n) is 9.13. The third-order valence-electron chi connectivity index (χ3n) is 5.11. The lowest BCUT2D eigenvalue weighted by Gasteiger charge is -2.39. The predicted molar refractivity (Wildman–Crippen MR) is 115 cm³/mol. The molecule has 4 rings (SSSR count). The molecule has 7 nitrogen and oxygen atoms in total. The summed E-state index contributed by atoms with van der Waals surface area (Å²) < 4.78 is 1.42. The normalized spacial score (nSPS) is 18.8. The molecule has 1 amide bonds. The molecule has 2 aliphatic rings. The van der Waals surface area contributed by atoms with Crippen LogP contribution in [0.1, 0.15) is 11.7 Å². The highest BCUT2D eigenvalue weighted by Crippen LogP contribution is 2.37. The van der Waals surface area contributed by atoms with Crippen LogP contribution in [0.15, 0.2) is 52.9 Å². The molecule has 0 saturated carbocycles. The Labute approximate surface area is 177 Å². The highest BCUT2D eigenvalue weighted by atomic mass is 35.5. The zero-order valence-corrected chi connectivity index (χ0v) is 17.0. The Bertz CT molecular complexity index is 1060. The minimum Gasteiger partial charge on any atom is -0.346 e. The molecular weight excluding hydrogens is 413 g/mol. The van der Waals surface area contributed by atoms with Crippen molar-refractivity contribution >= 4 is 41.1 Å². The Hall–Kier alpha value is -2.61. The number of amides is 1. The summed E-state index contributed by atoms with van der Waals surface area (Å²) in [5.41, 5.74) is 2.06. The van der Waals surface area contributed by atoms with E-state index in [1.165, 1.54) is 16.7 Å². The van der Waals surface area contributed by atoms with Crippen LogP contribution in [0.2, 0.25) is 10.0 Å². The largest absolute Gasteiger partial charge is 0.346 e. The van der Waals surface area contributed by atoms with Gasteiger partial charge in [0.2, 0.25) is 5.91 Å². The Morgan fingerprint density at radius 1 is 1.21 bits per heavy atom. The van der Waals surface area contributed by atoms with Crippen molar-refractivity contribution in [2.75, 3.05) is 31.5 Å². The molecule has 0 radical (unpaired) electrons. The quantitative estimate of drug-likeness (QED) is 0.758. The van der Waals surface area contributed by atoms with Crippen LogP contribution in [0.25, 0.3) is 5.69 Å². The van der Waals surface area contributed by atoms with E-state index in [9.17, 15) is 9.59 Å². The molecule has 9 heteroatoms. The van der Waals surface area contributed by atoms with Gasteiger partial charge in [-0.1, -0.05) is 29.8 Å². The number of pyridine rings is 1. The number of carbonyl (C=O) groups is 1. The van der Waals surface area contributed by atoms with Crippen LogP contribution in [0.3, 0.4) is 0 Å². The van der Waals surface area contributed by atoms with Gasteiger partial charge in [0.05, 0.1) is 22.1 Å². The number of piperazine rings is 1. The molecule has 1 atom stereocenters. The maximum absolute atomic E-state index is 12.3. The van der Waals surface area contributed by atoms with Gasteiger partial charge in [0.25, 0.3) is 5.56 Å². The molecule has 3 heterocycles. The number of hydrogen-bond acceptors (Lipinski definition) is 5. The molecule has 0 bridgehead atoms. The van der Waals surface area contributed by atoms with Gasteiger partial charge in [0.1, 0.15) is 6.17 Å². The van der Waals surface area contributed by atoms with Gasteiger partial charge in [-0.2, -0.15) is 0 Å². The number of rotatable bonds is 3. The monoisotopic (exact) mass is 431 g/mol. The van der Waals surface area contributed by atoms with Gasteiger partial charge in [0, 0.05) is 49.7 Å². The first-order valence-corrected chi connectivity index (χ1v) is 9.89. The number of carbonyl (C=O) groups excluding carboxylic acids is 1. The molecule has 150 valence electrons. The van der Waals surface area contributed by atoms with Crippen LogP contribution < -0.4 is 10.9 Å². The van der Waals surface area contributed by atoms with E-state index in [4.69, 9.17) is 23.2 Å². The van der Waals surface area contributed by atoms with Crippen molar-refractivity contribution in [3.63, 3.8) is 0 Å². The van der Waals surface area contributed by atoms with E-state index in [0.29, 0.717) is 41.9 Å². The molecule has 1 aromatic carbocycles. The lowest BCUT2D eigenvalue weighted by atomic mass is 10.1. The van der Waals surface area contributed by atoms with Gasteiger partial charge in [-0.3, -0.25) is 24.0 Å². The lowest BCUT2D eigenvalue weighted by molar-refractivity contribution is -0.128. The zero-order valence-electron chi connectivity index (χ0n) is 15.5. The minimum atomic E-state index is -0.222. The van der Waals surface area contributed by atoms with E-state index in [-0.39, 0.29) is 17.6 Å². The van der Waals surface area contributed by atoms with E-state index in [1.54, 1.807) is 23.5 Å². The summed E-state index contributed by atoms with van der Waals surface area (Å²) in [6.45, 7) is 6.15. The maximum Gasteiger partial charge on any atom is 0.255 e. The van der Waals surface area contributed by atoms with Crippen LogP contribution in [0.4, 0.5) is 5.69 Å². The molecule has 2 aromatic rings. The summed E-state index contributed by atoms with van der Waals surface area (Å²) >= 11 is 12.6. The molecular formula is C20H19Cl2N5O2. The molecule has 1 saturated heterocycles. The lowest BCUT2D eigenvalue weighted by Crippen LogP contribution is -2.49. The summed E-state index contributed by atoms with van der Waals surface area (Å²) in [7, 11) is 0. The van der Waals surface area contributed by atoms with Crippen LogP contribution in [0, 0.1) is 0 Å². The first-order chi connectivity index (χ1) is 14.0. The van der Waals surface area contributed by atoms with Crippen molar-refractivity contribution in [3.05, 3.63) is 69.1 Å². The standard InChI is InChI=1S/C20H19Cl2N5O2/c1-2-18(28)25-5-7-26(8-6-25)20-14-9-15(22)17(10-16(14)23-12-24-20)27-11-13(21)3-4-19(27)29/h2-4,9-12,20H,1,5-8H2,(H,23,24). The Morgan fingerprint density at radius 2 is 1.97 bits per heavy atom. The number of halogens is 2. The van der Waals surface area contributed by atoms with Gasteiger partial charge >= 0.3 is 0 Å². The number of hydrogen-bond donors (Lipinski definition) is 1. The van der Waals surface area contributed by atoms with Crippen molar-refractivity contribution in [3.8, 4) is 5.69 Å². The maximum atomic E-state index is 12.3. The first kappa shape index (κ1) is 19.7. The number of fused-ring (bicyclic) bond motifs is 1.